The molecule has 3 aromatic rings. The molecule has 2 saturated heterocycles. The van der Waals surface area contributed by atoms with Crippen LogP contribution in [0.1, 0.15) is 10.4 Å². The number of halogens is 1. The third kappa shape index (κ3) is 1.97. The van der Waals surface area contributed by atoms with Gasteiger partial charge in [0.2, 0.25) is 0 Å². The molecule has 6 rings (SSSR count). The highest BCUT2D eigenvalue weighted by atomic mass is 35.5. The Hall–Kier alpha value is -2.04. The van der Waals surface area contributed by atoms with Crippen molar-refractivity contribution in [2.45, 2.75) is 0 Å². The fraction of sp³-hybridized carbons (Fsp3) is 0.381. The zero-order chi connectivity index (χ0) is 17.4. The van der Waals surface area contributed by atoms with E-state index in [1.807, 2.05) is 36.4 Å². The third-order valence-corrected chi connectivity index (χ3v) is 7.15. The number of rotatable bonds is 1. The minimum Gasteiger partial charge on any atom is -0.354 e. The fourth-order valence-corrected chi connectivity index (χ4v) is 5.80. The average molecular weight is 366 g/mol. The highest BCUT2D eigenvalue weighted by molar-refractivity contribution is 6.31. The van der Waals surface area contributed by atoms with Crippen molar-refractivity contribution in [3.05, 3.63) is 47.0 Å². The Labute approximate surface area is 156 Å². The Morgan fingerprint density at radius 3 is 2.46 bits per heavy atom. The molecule has 5 heteroatoms. The molecule has 1 amide bonds. The van der Waals surface area contributed by atoms with Gasteiger partial charge in [-0.15, -0.1) is 0 Å². The van der Waals surface area contributed by atoms with Crippen LogP contribution in [0, 0.1) is 23.7 Å². The lowest BCUT2D eigenvalue weighted by atomic mass is 9.60. The van der Waals surface area contributed by atoms with E-state index < -0.39 is 0 Å². The van der Waals surface area contributed by atoms with E-state index in [1.54, 1.807) is 0 Å². The van der Waals surface area contributed by atoms with Gasteiger partial charge in [0.05, 0.1) is 0 Å². The number of aromatic amines is 1. The van der Waals surface area contributed by atoms with Crippen LogP contribution >= 0.6 is 11.6 Å². The first kappa shape index (κ1) is 15.1. The quantitative estimate of drug-likeness (QED) is 0.693. The van der Waals surface area contributed by atoms with E-state index in [1.165, 1.54) is 0 Å². The van der Waals surface area contributed by atoms with Crippen molar-refractivity contribution in [3.8, 4) is 0 Å². The van der Waals surface area contributed by atoms with Crippen molar-refractivity contribution in [2.75, 3.05) is 26.2 Å². The van der Waals surface area contributed by atoms with Gasteiger partial charge >= 0.3 is 0 Å². The molecule has 2 aliphatic heterocycles. The molecule has 132 valence electrons. The highest BCUT2D eigenvalue weighted by Crippen LogP contribution is 2.52. The number of H-pyrrole nitrogens is 1. The van der Waals surface area contributed by atoms with Gasteiger partial charge in [-0.25, -0.2) is 0 Å². The highest BCUT2D eigenvalue weighted by Gasteiger charge is 2.56. The SMILES string of the molecule is O=C(c1ccc2c(c1)[nH]c1ccc(Cl)cc12)N1C[C@@H]2[C@H]3CNC[C@H]3[C@@H]2C1. The van der Waals surface area contributed by atoms with E-state index >= 15 is 0 Å². The lowest BCUT2D eigenvalue weighted by Crippen LogP contribution is -2.44. The fourth-order valence-electron chi connectivity index (χ4n) is 5.63. The molecule has 4 nitrogen and oxygen atoms in total. The molecule has 1 aliphatic carbocycles. The Kier molecular flexibility index (Phi) is 3.04. The van der Waals surface area contributed by atoms with E-state index in [0.717, 1.165) is 70.4 Å². The zero-order valence-corrected chi connectivity index (χ0v) is 15.1. The summed E-state index contributed by atoms with van der Waals surface area (Å²) in [5.41, 5.74) is 2.82. The lowest BCUT2D eigenvalue weighted by Gasteiger charge is -2.43. The number of nitrogens with zero attached hydrogens (tertiary/aromatic N) is 1. The predicted molar refractivity (Wildman–Crippen MR) is 104 cm³/mol. The number of benzene rings is 2. The van der Waals surface area contributed by atoms with Crippen molar-refractivity contribution in [1.29, 1.82) is 0 Å². The Morgan fingerprint density at radius 2 is 1.69 bits per heavy atom. The van der Waals surface area contributed by atoms with Crippen molar-refractivity contribution < 1.29 is 4.79 Å². The molecule has 1 saturated carbocycles. The molecular weight excluding hydrogens is 346 g/mol. The van der Waals surface area contributed by atoms with Gasteiger partial charge in [-0.05, 0) is 67.1 Å². The van der Waals surface area contributed by atoms with Gasteiger partial charge in [-0.2, -0.15) is 0 Å². The van der Waals surface area contributed by atoms with E-state index in [-0.39, 0.29) is 5.91 Å². The number of fused-ring (bicyclic) bond motifs is 7. The van der Waals surface area contributed by atoms with E-state index in [0.29, 0.717) is 11.8 Å². The number of hydrogen-bond donors (Lipinski definition) is 2. The van der Waals surface area contributed by atoms with Gasteiger partial charge in [0.1, 0.15) is 0 Å². The topological polar surface area (TPSA) is 48.1 Å². The van der Waals surface area contributed by atoms with Crippen LogP contribution in [0.4, 0.5) is 0 Å². The molecule has 3 aliphatic rings. The molecule has 0 spiro atoms. The van der Waals surface area contributed by atoms with Gasteiger partial charge in [0.25, 0.3) is 5.91 Å². The number of carbonyl (C=O) groups is 1. The van der Waals surface area contributed by atoms with Crippen LogP contribution in [-0.4, -0.2) is 42.0 Å². The van der Waals surface area contributed by atoms with Crippen LogP contribution in [0.2, 0.25) is 5.02 Å². The summed E-state index contributed by atoms with van der Waals surface area (Å²) in [6, 6.07) is 11.8. The van der Waals surface area contributed by atoms with Crippen molar-refractivity contribution in [3.63, 3.8) is 0 Å². The molecule has 2 N–H and O–H groups in total. The van der Waals surface area contributed by atoms with E-state index in [4.69, 9.17) is 11.6 Å². The van der Waals surface area contributed by atoms with Crippen molar-refractivity contribution in [1.82, 2.24) is 15.2 Å². The molecular formula is C21H20ClN3O. The summed E-state index contributed by atoms with van der Waals surface area (Å²) in [5, 5.41) is 6.45. The molecule has 26 heavy (non-hydrogen) atoms. The first-order valence-corrected chi connectivity index (χ1v) is 9.78. The summed E-state index contributed by atoms with van der Waals surface area (Å²) in [4.78, 5) is 18.6. The molecule has 1 aromatic heterocycles. The van der Waals surface area contributed by atoms with Gasteiger partial charge in [0.15, 0.2) is 0 Å². The smallest absolute Gasteiger partial charge is 0.253 e. The summed E-state index contributed by atoms with van der Waals surface area (Å²) < 4.78 is 0. The molecule has 2 aromatic carbocycles. The summed E-state index contributed by atoms with van der Waals surface area (Å²) in [6.07, 6.45) is 0. The monoisotopic (exact) mass is 365 g/mol. The van der Waals surface area contributed by atoms with E-state index in [9.17, 15) is 4.79 Å². The Balaban J connectivity index is 1.32. The number of carbonyl (C=O) groups excluding carboxylic acids is 1. The predicted octanol–water partition coefficient (Wildman–Crippen LogP) is 3.51. The van der Waals surface area contributed by atoms with Crippen LogP contribution in [0.25, 0.3) is 21.8 Å². The number of likely N-dealkylation sites (tertiary alicyclic amines) is 1. The first-order chi connectivity index (χ1) is 12.7. The molecule has 4 atom stereocenters. The third-order valence-electron chi connectivity index (χ3n) is 6.92. The standard InChI is InChI=1S/C21H20ClN3O/c22-12-2-4-19-14(6-12)13-3-1-11(5-20(13)24-19)21(26)25-9-17-15-7-23-8-16(15)18(17)10-25/h1-6,15-18,23-24H,7-10H2/t15-,16+,17+,18-. The normalized spacial score (nSPS) is 29.8. The molecule has 0 unspecified atom stereocenters. The Morgan fingerprint density at radius 1 is 0.923 bits per heavy atom. The molecule has 3 heterocycles. The second-order valence-electron chi connectivity index (χ2n) is 8.10. The lowest BCUT2D eigenvalue weighted by molar-refractivity contribution is 0.0629. The zero-order valence-electron chi connectivity index (χ0n) is 14.3. The largest absolute Gasteiger partial charge is 0.354 e. The summed E-state index contributed by atoms with van der Waals surface area (Å²) >= 11 is 6.14. The van der Waals surface area contributed by atoms with Gasteiger partial charge in [-0.3, -0.25) is 4.79 Å². The number of amides is 1. The maximum absolute atomic E-state index is 13.1. The van der Waals surface area contributed by atoms with Crippen LogP contribution in [0.3, 0.4) is 0 Å². The van der Waals surface area contributed by atoms with Gasteiger partial charge in [-0.1, -0.05) is 17.7 Å². The maximum Gasteiger partial charge on any atom is 0.253 e. The minimum absolute atomic E-state index is 0.170. The van der Waals surface area contributed by atoms with Crippen LogP contribution in [-0.2, 0) is 0 Å². The number of hydrogen-bond acceptors (Lipinski definition) is 2. The van der Waals surface area contributed by atoms with Crippen molar-refractivity contribution in [2.24, 2.45) is 23.7 Å². The van der Waals surface area contributed by atoms with E-state index in [2.05, 4.69) is 15.2 Å². The average Bonchev–Trinajstić information content (AvgIpc) is 3.31. The summed E-state index contributed by atoms with van der Waals surface area (Å²) in [6.45, 7) is 4.12. The van der Waals surface area contributed by atoms with Crippen LogP contribution in [0.15, 0.2) is 36.4 Å². The first-order valence-electron chi connectivity index (χ1n) is 9.40. The second-order valence-corrected chi connectivity index (χ2v) is 8.54. The Bertz CT molecular complexity index is 1040. The van der Waals surface area contributed by atoms with Gasteiger partial charge < -0.3 is 15.2 Å². The van der Waals surface area contributed by atoms with Gasteiger partial charge in [0, 0.05) is 45.5 Å². The molecule has 3 fully saturated rings. The summed E-state index contributed by atoms with van der Waals surface area (Å²) in [5.74, 6) is 3.16. The second kappa shape index (κ2) is 5.24. The maximum atomic E-state index is 13.1. The molecule has 0 radical (unpaired) electrons. The van der Waals surface area contributed by atoms with Crippen molar-refractivity contribution >= 4 is 39.3 Å². The van der Waals surface area contributed by atoms with Crippen LogP contribution < -0.4 is 5.32 Å². The number of nitrogens with one attached hydrogen (secondary N) is 2. The minimum atomic E-state index is 0.170. The summed E-state index contributed by atoms with van der Waals surface area (Å²) in [7, 11) is 0. The number of aromatic nitrogens is 1. The van der Waals surface area contributed by atoms with Crippen LogP contribution in [0.5, 0.6) is 0 Å². The molecule has 0 bridgehead atoms.